The van der Waals surface area contributed by atoms with Crippen LogP contribution in [0.25, 0.3) is 17.2 Å². The summed E-state index contributed by atoms with van der Waals surface area (Å²) in [4.78, 5) is 2.27. The topological polar surface area (TPSA) is 82.4 Å². The van der Waals surface area contributed by atoms with E-state index in [0.29, 0.717) is 18.7 Å². The number of nitriles is 1. The SMILES string of the molecule is N#Cc1ccc(-c2ccc(OCCCN3CC[C@@H](NS(=O)(=O)/C=C/c4ccccc4)C3)cc2)cc1. The van der Waals surface area contributed by atoms with Crippen molar-refractivity contribution in [2.24, 2.45) is 0 Å². The van der Waals surface area contributed by atoms with E-state index < -0.39 is 10.0 Å². The van der Waals surface area contributed by atoms with E-state index in [4.69, 9.17) is 10.00 Å². The van der Waals surface area contributed by atoms with Crippen molar-refractivity contribution in [3.63, 3.8) is 0 Å². The summed E-state index contributed by atoms with van der Waals surface area (Å²) in [6.45, 7) is 3.04. The van der Waals surface area contributed by atoms with Gasteiger partial charge in [0.15, 0.2) is 0 Å². The number of hydrogen-bond acceptors (Lipinski definition) is 5. The smallest absolute Gasteiger partial charge is 0.234 e. The molecule has 0 aliphatic carbocycles. The first-order valence-electron chi connectivity index (χ1n) is 11.7. The van der Waals surface area contributed by atoms with Crippen molar-refractivity contribution in [3.8, 4) is 22.9 Å². The normalized spacial score (nSPS) is 16.4. The summed E-state index contributed by atoms with van der Waals surface area (Å²) < 4.78 is 33.4. The maximum atomic E-state index is 12.4. The van der Waals surface area contributed by atoms with Gasteiger partial charge in [-0.25, -0.2) is 13.1 Å². The molecular weight excluding hydrogens is 458 g/mol. The molecule has 180 valence electrons. The summed E-state index contributed by atoms with van der Waals surface area (Å²) >= 11 is 0. The Bertz CT molecular complexity index is 1270. The number of benzene rings is 3. The van der Waals surface area contributed by atoms with E-state index >= 15 is 0 Å². The number of nitrogens with one attached hydrogen (secondary N) is 1. The molecule has 1 aliphatic heterocycles. The first kappa shape index (κ1) is 24.7. The molecular formula is C28H29N3O3S. The molecule has 0 aromatic heterocycles. The van der Waals surface area contributed by atoms with Crippen molar-refractivity contribution in [1.29, 1.82) is 5.26 Å². The molecule has 1 heterocycles. The number of likely N-dealkylation sites (tertiary alicyclic amines) is 1. The highest BCUT2D eigenvalue weighted by molar-refractivity contribution is 7.92. The van der Waals surface area contributed by atoms with Gasteiger partial charge in [0, 0.05) is 24.5 Å². The lowest BCUT2D eigenvalue weighted by atomic mass is 10.0. The van der Waals surface area contributed by atoms with Gasteiger partial charge in [0.2, 0.25) is 10.0 Å². The second-order valence-electron chi connectivity index (χ2n) is 8.58. The lowest BCUT2D eigenvalue weighted by Gasteiger charge is -2.16. The fourth-order valence-electron chi connectivity index (χ4n) is 4.09. The van der Waals surface area contributed by atoms with Crippen molar-refractivity contribution in [2.75, 3.05) is 26.2 Å². The van der Waals surface area contributed by atoms with Crippen molar-refractivity contribution in [2.45, 2.75) is 18.9 Å². The molecule has 3 aromatic carbocycles. The van der Waals surface area contributed by atoms with Crippen molar-refractivity contribution in [3.05, 3.63) is 95.4 Å². The van der Waals surface area contributed by atoms with E-state index in [9.17, 15) is 8.42 Å². The van der Waals surface area contributed by atoms with Gasteiger partial charge in [-0.2, -0.15) is 5.26 Å². The molecule has 7 heteroatoms. The molecule has 3 aromatic rings. The average Bonchev–Trinajstić information content (AvgIpc) is 3.33. The quantitative estimate of drug-likeness (QED) is 0.421. The third-order valence-corrected chi connectivity index (χ3v) is 7.09. The number of nitrogens with zero attached hydrogens (tertiary/aromatic N) is 2. The molecule has 6 nitrogen and oxygen atoms in total. The van der Waals surface area contributed by atoms with Crippen LogP contribution in [-0.2, 0) is 10.0 Å². The minimum atomic E-state index is -3.47. The average molecular weight is 488 g/mol. The predicted molar refractivity (Wildman–Crippen MR) is 139 cm³/mol. The van der Waals surface area contributed by atoms with Gasteiger partial charge in [0.05, 0.1) is 18.2 Å². The molecule has 35 heavy (non-hydrogen) atoms. The molecule has 0 amide bonds. The lowest BCUT2D eigenvalue weighted by molar-refractivity contribution is 0.261. The van der Waals surface area contributed by atoms with Crippen molar-refractivity contribution >= 4 is 16.1 Å². The Morgan fingerprint density at radius 3 is 2.37 bits per heavy atom. The Labute approximate surface area is 207 Å². The van der Waals surface area contributed by atoms with E-state index in [2.05, 4.69) is 15.7 Å². The summed E-state index contributed by atoms with van der Waals surface area (Å²) in [6.07, 6.45) is 3.28. The molecule has 0 bridgehead atoms. The first-order valence-corrected chi connectivity index (χ1v) is 13.3. The molecule has 1 fully saturated rings. The standard InChI is InChI=1S/C28H29N3O3S/c29-21-24-7-9-25(10-8-24)26-11-13-28(14-12-26)34-19-4-17-31-18-15-27(22-31)30-35(32,33)20-16-23-5-2-1-3-6-23/h1-3,5-14,16,20,27,30H,4,15,17-19,22H2/b20-16+/t27-/m1/s1. The monoisotopic (exact) mass is 487 g/mol. The fraction of sp³-hybridized carbons (Fsp3) is 0.250. The second kappa shape index (κ2) is 11.8. The molecule has 1 atom stereocenters. The molecule has 1 saturated heterocycles. The highest BCUT2D eigenvalue weighted by Crippen LogP contribution is 2.23. The van der Waals surface area contributed by atoms with Crippen LogP contribution in [0.3, 0.4) is 0 Å². The van der Waals surface area contributed by atoms with Crippen molar-refractivity contribution < 1.29 is 13.2 Å². The third kappa shape index (κ3) is 7.52. The van der Waals surface area contributed by atoms with Gasteiger partial charge >= 0.3 is 0 Å². The van der Waals surface area contributed by atoms with Crippen LogP contribution in [0.15, 0.2) is 84.3 Å². The van der Waals surface area contributed by atoms with E-state index in [0.717, 1.165) is 48.4 Å². The number of sulfonamides is 1. The summed E-state index contributed by atoms with van der Waals surface area (Å²) in [5, 5.41) is 10.2. The maximum Gasteiger partial charge on any atom is 0.234 e. The first-order chi connectivity index (χ1) is 17.0. The predicted octanol–water partition coefficient (Wildman–Crippen LogP) is 4.66. The van der Waals surface area contributed by atoms with Crippen LogP contribution in [0.5, 0.6) is 5.75 Å². The zero-order valence-corrected chi connectivity index (χ0v) is 20.3. The van der Waals surface area contributed by atoms with Gasteiger partial charge in [-0.3, -0.25) is 0 Å². The van der Waals surface area contributed by atoms with Gasteiger partial charge < -0.3 is 9.64 Å². The Morgan fingerprint density at radius 2 is 1.69 bits per heavy atom. The molecule has 0 radical (unpaired) electrons. The third-order valence-electron chi connectivity index (χ3n) is 5.93. The van der Waals surface area contributed by atoms with Crippen LogP contribution in [0.1, 0.15) is 24.0 Å². The number of ether oxygens (including phenoxy) is 1. The molecule has 1 aliphatic rings. The highest BCUT2D eigenvalue weighted by Gasteiger charge is 2.25. The zero-order valence-electron chi connectivity index (χ0n) is 19.5. The van der Waals surface area contributed by atoms with E-state index in [1.807, 2.05) is 78.9 Å². The summed E-state index contributed by atoms with van der Waals surface area (Å²) in [5.41, 5.74) is 3.64. The minimum Gasteiger partial charge on any atom is -0.494 e. The molecule has 0 unspecified atom stereocenters. The summed E-state index contributed by atoms with van der Waals surface area (Å²) in [6, 6.07) is 26.9. The van der Waals surface area contributed by atoms with Crippen LogP contribution in [-0.4, -0.2) is 45.6 Å². The van der Waals surface area contributed by atoms with E-state index in [1.165, 1.54) is 5.41 Å². The van der Waals surface area contributed by atoms with Crippen LogP contribution in [0.2, 0.25) is 0 Å². The van der Waals surface area contributed by atoms with Gasteiger partial charge in [-0.15, -0.1) is 0 Å². The minimum absolute atomic E-state index is 0.0730. The van der Waals surface area contributed by atoms with E-state index in [-0.39, 0.29) is 6.04 Å². The highest BCUT2D eigenvalue weighted by atomic mass is 32.2. The largest absolute Gasteiger partial charge is 0.494 e. The number of hydrogen-bond donors (Lipinski definition) is 1. The molecule has 0 saturated carbocycles. The Hall–Kier alpha value is -3.44. The molecule has 4 rings (SSSR count). The Kier molecular flexibility index (Phi) is 8.32. The van der Waals surface area contributed by atoms with Crippen LogP contribution < -0.4 is 9.46 Å². The maximum absolute atomic E-state index is 12.4. The zero-order chi connectivity index (χ0) is 24.5. The summed E-state index contributed by atoms with van der Waals surface area (Å²) in [5.74, 6) is 0.819. The number of rotatable bonds is 10. The van der Waals surface area contributed by atoms with Crippen molar-refractivity contribution in [1.82, 2.24) is 9.62 Å². The van der Waals surface area contributed by atoms with Gasteiger partial charge in [0.25, 0.3) is 0 Å². The van der Waals surface area contributed by atoms with Gasteiger partial charge in [-0.05, 0) is 66.4 Å². The van der Waals surface area contributed by atoms with Crippen LogP contribution in [0.4, 0.5) is 0 Å². The lowest BCUT2D eigenvalue weighted by Crippen LogP contribution is -2.36. The van der Waals surface area contributed by atoms with Gasteiger partial charge in [0.1, 0.15) is 5.75 Å². The Morgan fingerprint density at radius 1 is 1.00 bits per heavy atom. The molecule has 0 spiro atoms. The Balaban J connectivity index is 1.17. The van der Waals surface area contributed by atoms with E-state index in [1.54, 1.807) is 6.08 Å². The van der Waals surface area contributed by atoms with Crippen LogP contribution >= 0.6 is 0 Å². The molecule has 1 N–H and O–H groups in total. The second-order valence-corrected chi connectivity index (χ2v) is 10.2. The summed E-state index contributed by atoms with van der Waals surface area (Å²) in [7, 11) is -3.47. The fourth-order valence-corrected chi connectivity index (χ4v) is 5.17. The van der Waals surface area contributed by atoms with Gasteiger partial charge in [-0.1, -0.05) is 54.6 Å². The van der Waals surface area contributed by atoms with Crippen LogP contribution in [0, 0.1) is 11.3 Å².